The van der Waals surface area contributed by atoms with Gasteiger partial charge in [0.25, 0.3) is 12.7 Å². The fourth-order valence-corrected chi connectivity index (χ4v) is 21.4. The van der Waals surface area contributed by atoms with E-state index in [4.69, 9.17) is 15.1 Å². The summed E-state index contributed by atoms with van der Waals surface area (Å²) >= 11 is 0. The Bertz CT molecular complexity index is 8870. The van der Waals surface area contributed by atoms with Gasteiger partial charge in [-0.25, -0.2) is 27.3 Å². The second-order valence-corrected chi connectivity index (χ2v) is 33.3. The number of nitrogens with zero attached hydrogens (tertiary/aromatic N) is 12. The molecule has 0 bridgehead atoms. The molecule has 0 N–H and O–H groups in total. The maximum atomic E-state index is 15.2. The van der Waals surface area contributed by atoms with Crippen molar-refractivity contribution in [2.45, 2.75) is 55.4 Å². The summed E-state index contributed by atoms with van der Waals surface area (Å²) in [5, 5.41) is 28.5. The number of benzene rings is 14. The molecule has 26 rings (SSSR count). The molecule has 0 saturated carbocycles. The van der Waals surface area contributed by atoms with E-state index in [-0.39, 0.29) is 16.5 Å². The Balaban J connectivity index is 0.0000000951. The van der Waals surface area contributed by atoms with Gasteiger partial charge < -0.3 is 17.6 Å². The Kier molecular flexibility index (Phi) is 16.0. The lowest BCUT2D eigenvalue weighted by Gasteiger charge is -2.10. The Labute approximate surface area is 703 Å². The van der Waals surface area contributed by atoms with Crippen LogP contribution in [0.15, 0.2) is 274 Å². The SMILES string of the molecule is Cc1c(F)c(F)c(F)c2c(-c3c(C)n4c5ccccc5c5cccc3c54)[n+](C)cnc12.Cc1c2ccccc2cc2c(-c3c(C)n4c5ccccc5c5cccc3c54)[n+](C)cnc12.Cc1n[n+](C)c(-c2c(C)n3c4ccccc4c4cccc2c43)c2cc3ccccc3cc12.Cc1nc2ccccc2[n+](C)c1-c1c(C)n2c3ccccc3c3cccc1c32. The third kappa shape index (κ3) is 10.2. The third-order valence-electron chi connectivity index (χ3n) is 26.7. The summed E-state index contributed by atoms with van der Waals surface area (Å²) in [6, 6.07) is 92.8. The average Bonchev–Trinajstić information content (AvgIpc) is 1.57. The summed E-state index contributed by atoms with van der Waals surface area (Å²) < 4.78 is 61.5. The minimum absolute atomic E-state index is 0.00438. The second kappa shape index (κ2) is 27.0. The first-order chi connectivity index (χ1) is 59.9. The second-order valence-electron chi connectivity index (χ2n) is 33.3. The summed E-state index contributed by atoms with van der Waals surface area (Å²) in [4.78, 5) is 14.0. The maximum absolute atomic E-state index is 15.2. The number of aromatic nitrogens is 12. The minimum atomic E-state index is -1.47. The van der Waals surface area contributed by atoms with Gasteiger partial charge in [-0.15, -0.1) is 0 Å². The van der Waals surface area contributed by atoms with Crippen molar-refractivity contribution in [3.63, 3.8) is 0 Å². The highest BCUT2D eigenvalue weighted by Crippen LogP contribution is 2.49. The Hall–Kier alpha value is -15.1. The Morgan fingerprint density at radius 1 is 0.285 bits per heavy atom. The van der Waals surface area contributed by atoms with Gasteiger partial charge in [-0.3, -0.25) is 0 Å². The molecular formula is C108H81F3N12+4. The average molecular weight is 1600 g/mol. The summed E-state index contributed by atoms with van der Waals surface area (Å²) in [5.74, 6) is -3.89. The summed E-state index contributed by atoms with van der Waals surface area (Å²) in [6.07, 6.45) is 3.49. The van der Waals surface area contributed by atoms with Crippen LogP contribution in [0.5, 0.6) is 0 Å². The summed E-state index contributed by atoms with van der Waals surface area (Å²) in [7, 11) is 8.07. The van der Waals surface area contributed by atoms with Crippen LogP contribution in [0.2, 0.25) is 0 Å². The van der Waals surface area contributed by atoms with Crippen LogP contribution in [0.25, 0.3) is 219 Å². The van der Waals surface area contributed by atoms with Crippen LogP contribution in [0.4, 0.5) is 13.2 Å². The topological polar surface area (TPSA) is 84.7 Å². The minimum Gasteiger partial charge on any atom is -0.312 e. The van der Waals surface area contributed by atoms with Crippen molar-refractivity contribution < 1.29 is 31.6 Å². The fraction of sp³-hybridized carbons (Fsp3) is 0.111. The zero-order chi connectivity index (χ0) is 83.7. The van der Waals surface area contributed by atoms with E-state index in [9.17, 15) is 8.78 Å². The fourth-order valence-electron chi connectivity index (χ4n) is 21.4. The lowest BCUT2D eigenvalue weighted by atomic mass is 9.96. The van der Waals surface area contributed by atoms with E-state index in [2.05, 4.69) is 330 Å². The summed E-state index contributed by atoms with van der Waals surface area (Å²) in [5.41, 5.74) is 29.9. The molecule has 14 aromatic carbocycles. The number of aryl methyl sites for hydroxylation is 12. The van der Waals surface area contributed by atoms with Gasteiger partial charge in [0.15, 0.2) is 41.2 Å². The van der Waals surface area contributed by atoms with Gasteiger partial charge in [0.05, 0.1) is 91.3 Å². The van der Waals surface area contributed by atoms with Gasteiger partial charge in [-0.05, 0) is 141 Å². The van der Waals surface area contributed by atoms with Crippen molar-refractivity contribution in [3.8, 4) is 45.0 Å². The number of hydrogen-bond donors (Lipinski definition) is 0. The normalized spacial score (nSPS) is 12.2. The van der Waals surface area contributed by atoms with Crippen LogP contribution in [0.1, 0.15) is 45.3 Å². The lowest BCUT2D eigenvalue weighted by Crippen LogP contribution is -2.36. The maximum Gasteiger partial charge on any atom is 0.287 e. The van der Waals surface area contributed by atoms with E-state index in [0.29, 0.717) is 5.69 Å². The van der Waals surface area contributed by atoms with Crippen molar-refractivity contribution >= 4 is 174 Å². The molecule has 12 nitrogen and oxygen atoms in total. The number of hydrogen-bond acceptors (Lipinski definition) is 4. The number of para-hydroxylation sites is 10. The quantitative estimate of drug-likeness (QED) is 0.0998. The first-order valence-electron chi connectivity index (χ1n) is 41.8. The monoisotopic (exact) mass is 1600 g/mol. The standard InChI is InChI=1S/2C29H22N3.C25H17F3N3.C25H20N3/c1-17-20-10-5-4-9-19(20)15-24-27(17)30-16-31(3)29(24)26-18(2)32-25-14-7-6-11-21(25)22-12-8-13-23(26)28(22)32;1-17-24-15-19-9-4-5-10-20(19)16-25(24)29(31(3)30-17)27-18(2)32-26-14-7-6-11-21(26)22-12-8-13-23(27)28(22)32;1-12-20(26)22(28)21(27)19-23(12)29-11-30(3)25(19)18-13(2)31-17-10-5-4-7-14(17)15-8-6-9-16(18)24(15)31;1-15-24(27(3)22-14-7-5-12-20(22)26-15)23-16(2)28-21-13-6-4-9-17(21)18-10-8-11-19(23)25(18)28/h2*4-16H,1-3H3;4-11H,1-3H3;4-14H,1-3H3/q4*+1. The van der Waals surface area contributed by atoms with Gasteiger partial charge in [-0.2, -0.15) is 4.57 Å². The van der Waals surface area contributed by atoms with Crippen LogP contribution < -0.4 is 18.4 Å². The molecule has 0 fully saturated rings. The summed E-state index contributed by atoms with van der Waals surface area (Å²) in [6.45, 7) is 16.5. The molecule has 0 unspecified atom stereocenters. The molecule has 12 heterocycles. The number of rotatable bonds is 4. The molecule has 0 aliphatic heterocycles. The van der Waals surface area contributed by atoms with Crippen molar-refractivity contribution in [2.75, 3.05) is 0 Å². The Morgan fingerprint density at radius 2 is 0.650 bits per heavy atom. The lowest BCUT2D eigenvalue weighted by molar-refractivity contribution is -0.719. The molecule has 0 aliphatic rings. The molecule has 590 valence electrons. The van der Waals surface area contributed by atoms with E-state index in [1.165, 1.54) is 189 Å². The van der Waals surface area contributed by atoms with Gasteiger partial charge in [0, 0.05) is 110 Å². The number of halogens is 3. The van der Waals surface area contributed by atoms with Crippen molar-refractivity contribution in [3.05, 3.63) is 336 Å². The van der Waals surface area contributed by atoms with Gasteiger partial charge >= 0.3 is 0 Å². The molecule has 0 atom stereocenters. The van der Waals surface area contributed by atoms with Gasteiger partial charge in [-0.1, -0.05) is 211 Å². The van der Waals surface area contributed by atoms with Crippen LogP contribution in [0, 0.1) is 72.8 Å². The molecule has 0 radical (unpaired) electrons. The predicted molar refractivity (Wildman–Crippen MR) is 495 cm³/mol. The van der Waals surface area contributed by atoms with E-state index in [1.807, 2.05) is 43.6 Å². The van der Waals surface area contributed by atoms with Crippen molar-refractivity contribution in [1.82, 2.24) is 37.7 Å². The molecule has 0 saturated heterocycles. The first kappa shape index (κ1) is 73.1. The van der Waals surface area contributed by atoms with Crippen molar-refractivity contribution in [2.24, 2.45) is 28.2 Å². The largest absolute Gasteiger partial charge is 0.312 e. The molecule has 26 aromatic rings. The van der Waals surface area contributed by atoms with Gasteiger partial charge in [0.1, 0.15) is 35.0 Å². The highest BCUT2D eigenvalue weighted by Gasteiger charge is 2.35. The zero-order valence-corrected chi connectivity index (χ0v) is 70.0. The van der Waals surface area contributed by atoms with Crippen molar-refractivity contribution in [1.29, 1.82) is 0 Å². The van der Waals surface area contributed by atoms with E-state index in [0.717, 1.165) is 66.4 Å². The smallest absolute Gasteiger partial charge is 0.287 e. The number of fused-ring (bicyclic) bond motifs is 18. The highest BCUT2D eigenvalue weighted by molar-refractivity contribution is 6.24. The molecule has 12 aromatic heterocycles. The van der Waals surface area contributed by atoms with E-state index in [1.54, 1.807) is 11.6 Å². The highest BCUT2D eigenvalue weighted by atomic mass is 19.2. The van der Waals surface area contributed by atoms with Crippen LogP contribution in [-0.2, 0) is 28.2 Å². The van der Waals surface area contributed by atoms with E-state index < -0.39 is 17.5 Å². The van der Waals surface area contributed by atoms with Crippen LogP contribution in [-0.4, -0.2) is 37.7 Å². The molecule has 0 amide bonds. The Morgan fingerprint density at radius 3 is 1.14 bits per heavy atom. The molecular weight excluding hydrogens is 1520 g/mol. The predicted octanol–water partition coefficient (Wildman–Crippen LogP) is 24.1. The van der Waals surface area contributed by atoms with Crippen LogP contribution in [0.3, 0.4) is 0 Å². The first-order valence-corrected chi connectivity index (χ1v) is 41.8. The van der Waals surface area contributed by atoms with Gasteiger partial charge in [0.2, 0.25) is 16.9 Å². The molecule has 0 spiro atoms. The van der Waals surface area contributed by atoms with Crippen LogP contribution >= 0.6 is 0 Å². The molecule has 0 aliphatic carbocycles. The third-order valence-corrected chi connectivity index (χ3v) is 26.7. The molecule has 15 heteroatoms. The molecule has 123 heavy (non-hydrogen) atoms. The van der Waals surface area contributed by atoms with E-state index >= 15 is 4.39 Å². The zero-order valence-electron chi connectivity index (χ0n) is 70.0.